The Morgan fingerprint density at radius 3 is 2.62 bits per heavy atom. The van der Waals surface area contributed by atoms with Crippen LogP contribution in [0.2, 0.25) is 0 Å². The van der Waals surface area contributed by atoms with E-state index in [1.54, 1.807) is 6.07 Å². The summed E-state index contributed by atoms with van der Waals surface area (Å²) < 4.78 is 5.25. The normalized spacial score (nSPS) is 10.7. The Kier molecular flexibility index (Phi) is 3.69. The lowest BCUT2D eigenvalue weighted by atomic mass is 10.1. The number of rotatable bonds is 4. The standard InChI is InChI=1S/C17H16N2O2/c1-12-6-5-9-14(16(12)20)17-18-15(19-21-17)11-10-13-7-3-2-4-8-13/h2-9,20H,10-11H2,1H3. The van der Waals surface area contributed by atoms with E-state index in [0.717, 1.165) is 12.0 Å². The minimum Gasteiger partial charge on any atom is -0.507 e. The fourth-order valence-corrected chi connectivity index (χ4v) is 2.20. The van der Waals surface area contributed by atoms with Crippen LogP contribution in [0.1, 0.15) is 17.0 Å². The molecule has 4 heteroatoms. The van der Waals surface area contributed by atoms with Gasteiger partial charge in [0.2, 0.25) is 0 Å². The van der Waals surface area contributed by atoms with Crippen molar-refractivity contribution in [3.05, 3.63) is 65.5 Å². The molecule has 0 saturated carbocycles. The van der Waals surface area contributed by atoms with E-state index in [-0.39, 0.29) is 5.75 Å². The number of phenols is 1. The summed E-state index contributed by atoms with van der Waals surface area (Å²) in [5.41, 5.74) is 2.60. The highest BCUT2D eigenvalue weighted by atomic mass is 16.5. The number of aromatic nitrogens is 2. The molecule has 0 saturated heterocycles. The summed E-state index contributed by atoms with van der Waals surface area (Å²) in [5, 5.41) is 14.0. The van der Waals surface area contributed by atoms with E-state index in [1.165, 1.54) is 5.56 Å². The molecule has 0 aliphatic heterocycles. The van der Waals surface area contributed by atoms with Crippen molar-refractivity contribution in [2.24, 2.45) is 0 Å². The summed E-state index contributed by atoms with van der Waals surface area (Å²) in [6.45, 7) is 1.84. The molecule has 1 N–H and O–H groups in total. The molecule has 0 spiro atoms. The number of para-hydroxylation sites is 1. The summed E-state index contributed by atoms with van der Waals surface area (Å²) in [6.07, 6.45) is 1.57. The maximum absolute atomic E-state index is 10.0. The summed E-state index contributed by atoms with van der Waals surface area (Å²) >= 11 is 0. The number of aromatic hydroxyl groups is 1. The lowest BCUT2D eigenvalue weighted by molar-refractivity contribution is 0.417. The molecular weight excluding hydrogens is 264 g/mol. The van der Waals surface area contributed by atoms with Crippen LogP contribution in [0.4, 0.5) is 0 Å². The van der Waals surface area contributed by atoms with Crippen LogP contribution in [0, 0.1) is 6.92 Å². The summed E-state index contributed by atoms with van der Waals surface area (Å²) in [7, 11) is 0. The van der Waals surface area contributed by atoms with Gasteiger partial charge in [0.25, 0.3) is 5.89 Å². The maximum atomic E-state index is 10.0. The Labute approximate surface area is 123 Å². The van der Waals surface area contributed by atoms with E-state index in [0.29, 0.717) is 23.7 Å². The Bertz CT molecular complexity index is 736. The van der Waals surface area contributed by atoms with Crippen LogP contribution >= 0.6 is 0 Å². The van der Waals surface area contributed by atoms with Gasteiger partial charge in [0.15, 0.2) is 5.82 Å². The van der Waals surface area contributed by atoms with E-state index in [4.69, 9.17) is 4.52 Å². The third kappa shape index (κ3) is 2.94. The summed E-state index contributed by atoms with van der Waals surface area (Å²) in [4.78, 5) is 4.36. The fourth-order valence-electron chi connectivity index (χ4n) is 2.20. The molecule has 1 heterocycles. The zero-order chi connectivity index (χ0) is 14.7. The average Bonchev–Trinajstić information content (AvgIpc) is 2.98. The van der Waals surface area contributed by atoms with Gasteiger partial charge in [-0.2, -0.15) is 4.98 Å². The fraction of sp³-hybridized carbons (Fsp3) is 0.176. The van der Waals surface area contributed by atoms with Gasteiger partial charge in [-0.25, -0.2) is 0 Å². The molecule has 3 aromatic rings. The number of benzene rings is 2. The highest BCUT2D eigenvalue weighted by molar-refractivity contribution is 5.64. The third-order valence-electron chi connectivity index (χ3n) is 3.42. The predicted molar refractivity (Wildman–Crippen MR) is 80.0 cm³/mol. The van der Waals surface area contributed by atoms with Gasteiger partial charge in [-0.1, -0.05) is 47.6 Å². The van der Waals surface area contributed by atoms with Gasteiger partial charge in [0, 0.05) is 6.42 Å². The zero-order valence-electron chi connectivity index (χ0n) is 11.8. The van der Waals surface area contributed by atoms with E-state index in [1.807, 2.05) is 37.3 Å². The molecule has 0 aliphatic carbocycles. The van der Waals surface area contributed by atoms with Crippen molar-refractivity contribution in [3.8, 4) is 17.2 Å². The van der Waals surface area contributed by atoms with Gasteiger partial charge in [0.05, 0.1) is 5.56 Å². The molecule has 0 radical (unpaired) electrons. The van der Waals surface area contributed by atoms with E-state index < -0.39 is 0 Å². The van der Waals surface area contributed by atoms with E-state index in [9.17, 15) is 5.11 Å². The van der Waals surface area contributed by atoms with Gasteiger partial charge >= 0.3 is 0 Å². The molecule has 0 amide bonds. The van der Waals surface area contributed by atoms with Gasteiger partial charge in [-0.15, -0.1) is 0 Å². The van der Waals surface area contributed by atoms with Gasteiger partial charge in [-0.05, 0) is 30.5 Å². The molecule has 4 nitrogen and oxygen atoms in total. The second kappa shape index (κ2) is 5.79. The molecule has 21 heavy (non-hydrogen) atoms. The molecule has 0 unspecified atom stereocenters. The van der Waals surface area contributed by atoms with Crippen LogP contribution < -0.4 is 0 Å². The number of aryl methyl sites for hydroxylation is 3. The largest absolute Gasteiger partial charge is 0.507 e. The van der Waals surface area contributed by atoms with Crippen LogP contribution in [-0.4, -0.2) is 15.2 Å². The molecule has 3 rings (SSSR count). The second-order valence-electron chi connectivity index (χ2n) is 4.97. The molecule has 0 atom stereocenters. The van der Waals surface area contributed by atoms with Crippen LogP contribution in [0.5, 0.6) is 5.75 Å². The van der Waals surface area contributed by atoms with Crippen molar-refractivity contribution in [1.29, 1.82) is 0 Å². The van der Waals surface area contributed by atoms with Gasteiger partial charge < -0.3 is 9.63 Å². The molecule has 106 valence electrons. The monoisotopic (exact) mass is 280 g/mol. The predicted octanol–water partition coefficient (Wildman–Crippen LogP) is 3.54. The third-order valence-corrected chi connectivity index (χ3v) is 3.42. The first kappa shape index (κ1) is 13.4. The lowest BCUT2D eigenvalue weighted by Crippen LogP contribution is -1.93. The molecule has 0 aliphatic rings. The minimum atomic E-state index is 0.191. The molecule has 0 fully saturated rings. The highest BCUT2D eigenvalue weighted by Gasteiger charge is 2.13. The van der Waals surface area contributed by atoms with Gasteiger partial charge in [-0.3, -0.25) is 0 Å². The molecule has 1 aromatic heterocycles. The van der Waals surface area contributed by atoms with Crippen molar-refractivity contribution < 1.29 is 9.63 Å². The topological polar surface area (TPSA) is 59.2 Å². The maximum Gasteiger partial charge on any atom is 0.261 e. The second-order valence-corrected chi connectivity index (χ2v) is 4.97. The van der Waals surface area contributed by atoms with Crippen LogP contribution in [-0.2, 0) is 12.8 Å². The van der Waals surface area contributed by atoms with Crippen molar-refractivity contribution in [2.45, 2.75) is 19.8 Å². The first-order chi connectivity index (χ1) is 10.2. The number of nitrogens with zero attached hydrogens (tertiary/aromatic N) is 2. The Morgan fingerprint density at radius 1 is 1.00 bits per heavy atom. The van der Waals surface area contributed by atoms with Crippen molar-refractivity contribution in [1.82, 2.24) is 10.1 Å². The van der Waals surface area contributed by atoms with Crippen molar-refractivity contribution in [2.75, 3.05) is 0 Å². The van der Waals surface area contributed by atoms with E-state index >= 15 is 0 Å². The lowest BCUT2D eigenvalue weighted by Gasteiger charge is -2.01. The Hall–Kier alpha value is -2.62. The number of hydrogen-bond donors (Lipinski definition) is 1. The Morgan fingerprint density at radius 2 is 1.81 bits per heavy atom. The summed E-state index contributed by atoms with van der Waals surface area (Å²) in [6, 6.07) is 15.7. The van der Waals surface area contributed by atoms with Crippen LogP contribution in [0.15, 0.2) is 53.1 Å². The smallest absolute Gasteiger partial charge is 0.261 e. The Balaban J connectivity index is 1.76. The van der Waals surface area contributed by atoms with Crippen LogP contribution in [0.25, 0.3) is 11.5 Å². The molecular formula is C17H16N2O2. The molecule has 0 bridgehead atoms. The molecule has 2 aromatic carbocycles. The van der Waals surface area contributed by atoms with Gasteiger partial charge in [0.1, 0.15) is 5.75 Å². The summed E-state index contributed by atoms with van der Waals surface area (Å²) in [5.74, 6) is 1.20. The van der Waals surface area contributed by atoms with E-state index in [2.05, 4.69) is 22.3 Å². The first-order valence-corrected chi connectivity index (χ1v) is 6.89. The van der Waals surface area contributed by atoms with Crippen molar-refractivity contribution in [3.63, 3.8) is 0 Å². The first-order valence-electron chi connectivity index (χ1n) is 6.89. The number of hydrogen-bond acceptors (Lipinski definition) is 4. The highest BCUT2D eigenvalue weighted by Crippen LogP contribution is 2.30. The average molecular weight is 280 g/mol. The van der Waals surface area contributed by atoms with Crippen molar-refractivity contribution >= 4 is 0 Å². The SMILES string of the molecule is Cc1cccc(-c2nc(CCc3ccccc3)no2)c1O. The quantitative estimate of drug-likeness (QED) is 0.794. The minimum absolute atomic E-state index is 0.191. The van der Waals surface area contributed by atoms with Crippen LogP contribution in [0.3, 0.4) is 0 Å². The number of phenolic OH excluding ortho intramolecular Hbond substituents is 1. The zero-order valence-corrected chi connectivity index (χ0v) is 11.8.